The molecule has 1 amide bonds. The zero-order valence-electron chi connectivity index (χ0n) is 15.0. The highest BCUT2D eigenvalue weighted by Gasteiger charge is 2.22. The Morgan fingerprint density at radius 3 is 2.37 bits per heavy atom. The van der Waals surface area contributed by atoms with E-state index >= 15 is 0 Å². The normalized spacial score (nSPS) is 11.5. The first-order valence-corrected chi connectivity index (χ1v) is 9.77. The average molecular weight is 384 g/mol. The van der Waals surface area contributed by atoms with Crippen LogP contribution in [-0.4, -0.2) is 32.7 Å². The number of nitrogens with one attached hydrogen (secondary N) is 1. The number of carbonyl (C=O) groups excluding carboxylic acids is 1. The van der Waals surface area contributed by atoms with Crippen molar-refractivity contribution in [2.75, 3.05) is 14.1 Å². The second-order valence-electron chi connectivity index (χ2n) is 6.11. The minimum atomic E-state index is -3.60. The smallest absolute Gasteiger partial charge is 0.287 e. The van der Waals surface area contributed by atoms with Crippen LogP contribution >= 0.6 is 0 Å². The summed E-state index contributed by atoms with van der Waals surface area (Å²) in [5.74, 6) is -0.218. The lowest BCUT2D eigenvalue weighted by Gasteiger charge is -2.15. The Balaban J connectivity index is 1.82. The van der Waals surface area contributed by atoms with Gasteiger partial charge in [-0.25, -0.2) is 12.7 Å². The molecule has 0 atom stereocenters. The third-order valence-electron chi connectivity index (χ3n) is 4.13. The molecule has 0 fully saturated rings. The summed E-state index contributed by atoms with van der Waals surface area (Å²) < 4.78 is 31.4. The van der Waals surface area contributed by atoms with Crippen molar-refractivity contribution in [1.82, 2.24) is 9.62 Å². The van der Waals surface area contributed by atoms with Gasteiger partial charge in [-0.05, 0) is 23.3 Å². The molecule has 0 saturated carbocycles. The monoisotopic (exact) mass is 384 g/mol. The van der Waals surface area contributed by atoms with Gasteiger partial charge in [-0.3, -0.25) is 4.79 Å². The lowest BCUT2D eigenvalue weighted by atomic mass is 10.1. The first-order chi connectivity index (χ1) is 12.9. The second kappa shape index (κ2) is 7.77. The Morgan fingerprint density at radius 2 is 1.67 bits per heavy atom. The summed E-state index contributed by atoms with van der Waals surface area (Å²) in [5, 5.41) is 2.75. The summed E-state index contributed by atoms with van der Waals surface area (Å²) >= 11 is 0. The number of benzene rings is 2. The number of hydrogen-bond donors (Lipinski definition) is 1. The fraction of sp³-hybridized carbons (Fsp3) is 0.150. The molecule has 0 aliphatic carbocycles. The SMILES string of the molecule is CN(C)S(=O)(=O)c1ccccc1CNC(=O)c1occc1-c1ccccc1. The van der Waals surface area contributed by atoms with Crippen LogP contribution in [0.1, 0.15) is 16.1 Å². The zero-order chi connectivity index (χ0) is 19.4. The fourth-order valence-electron chi connectivity index (χ4n) is 2.68. The Bertz CT molecular complexity index is 1040. The van der Waals surface area contributed by atoms with Crippen molar-refractivity contribution in [2.45, 2.75) is 11.4 Å². The molecule has 6 nitrogen and oxygen atoms in total. The fourth-order valence-corrected chi connectivity index (χ4v) is 3.80. The number of furan rings is 1. The molecule has 0 spiro atoms. The molecule has 7 heteroatoms. The predicted molar refractivity (Wildman–Crippen MR) is 103 cm³/mol. The highest BCUT2D eigenvalue weighted by molar-refractivity contribution is 7.89. The molecule has 0 aliphatic heterocycles. The van der Waals surface area contributed by atoms with E-state index in [1.54, 1.807) is 24.3 Å². The number of hydrogen-bond acceptors (Lipinski definition) is 4. The molecular weight excluding hydrogens is 364 g/mol. The Labute approximate surface area is 158 Å². The van der Waals surface area contributed by atoms with Crippen LogP contribution in [-0.2, 0) is 16.6 Å². The average Bonchev–Trinajstić information content (AvgIpc) is 3.17. The molecule has 0 aliphatic rings. The zero-order valence-corrected chi connectivity index (χ0v) is 15.9. The van der Waals surface area contributed by atoms with E-state index in [9.17, 15) is 13.2 Å². The molecule has 0 saturated heterocycles. The lowest BCUT2D eigenvalue weighted by Crippen LogP contribution is -2.27. The van der Waals surface area contributed by atoms with Crippen molar-refractivity contribution in [3.8, 4) is 11.1 Å². The highest BCUT2D eigenvalue weighted by Crippen LogP contribution is 2.25. The number of amides is 1. The minimum absolute atomic E-state index is 0.0665. The molecule has 0 unspecified atom stereocenters. The maximum atomic E-state index is 12.6. The van der Waals surface area contributed by atoms with Crippen molar-refractivity contribution in [3.63, 3.8) is 0 Å². The van der Waals surface area contributed by atoms with Crippen LogP contribution in [0.25, 0.3) is 11.1 Å². The second-order valence-corrected chi connectivity index (χ2v) is 8.23. The Hall–Kier alpha value is -2.90. The Kier molecular flexibility index (Phi) is 5.43. The molecule has 0 bridgehead atoms. The number of nitrogens with zero attached hydrogens (tertiary/aromatic N) is 1. The van der Waals surface area contributed by atoms with Gasteiger partial charge in [0.25, 0.3) is 5.91 Å². The van der Waals surface area contributed by atoms with Crippen molar-refractivity contribution in [2.24, 2.45) is 0 Å². The third kappa shape index (κ3) is 3.94. The van der Waals surface area contributed by atoms with Crippen molar-refractivity contribution in [3.05, 3.63) is 78.3 Å². The van der Waals surface area contributed by atoms with Gasteiger partial charge in [-0.2, -0.15) is 0 Å². The highest BCUT2D eigenvalue weighted by atomic mass is 32.2. The van der Waals surface area contributed by atoms with Crippen LogP contribution in [0.2, 0.25) is 0 Å². The van der Waals surface area contributed by atoms with Gasteiger partial charge in [0.1, 0.15) is 0 Å². The summed E-state index contributed by atoms with van der Waals surface area (Å²) in [4.78, 5) is 12.8. The summed E-state index contributed by atoms with van der Waals surface area (Å²) in [6.07, 6.45) is 1.46. The number of carbonyl (C=O) groups is 1. The summed E-state index contributed by atoms with van der Waals surface area (Å²) in [6, 6.07) is 17.8. The molecule has 140 valence electrons. The van der Waals surface area contributed by atoms with E-state index in [1.165, 1.54) is 26.4 Å². The molecule has 3 aromatic rings. The molecular formula is C20H20N2O4S. The summed E-state index contributed by atoms with van der Waals surface area (Å²) in [7, 11) is -0.658. The maximum absolute atomic E-state index is 12.6. The molecule has 1 N–H and O–H groups in total. The van der Waals surface area contributed by atoms with Gasteiger partial charge < -0.3 is 9.73 Å². The van der Waals surface area contributed by atoms with Crippen molar-refractivity contribution >= 4 is 15.9 Å². The van der Waals surface area contributed by atoms with E-state index < -0.39 is 15.9 Å². The first-order valence-electron chi connectivity index (χ1n) is 8.33. The molecule has 3 rings (SSSR count). The molecule has 0 radical (unpaired) electrons. The lowest BCUT2D eigenvalue weighted by molar-refractivity contribution is 0.0923. The molecule has 1 aromatic heterocycles. The van der Waals surface area contributed by atoms with Gasteiger partial charge in [0.2, 0.25) is 10.0 Å². The number of sulfonamides is 1. The van der Waals surface area contributed by atoms with Gasteiger partial charge >= 0.3 is 0 Å². The third-order valence-corrected chi connectivity index (χ3v) is 6.04. The van der Waals surface area contributed by atoms with Crippen molar-refractivity contribution < 1.29 is 17.6 Å². The standard InChI is InChI=1S/C20H20N2O4S/c1-22(2)27(24,25)18-11-7-6-10-16(18)14-21-20(23)19-17(12-13-26-19)15-8-4-3-5-9-15/h3-13H,14H2,1-2H3,(H,21,23). The molecule has 1 heterocycles. The van der Waals surface area contributed by atoms with Crippen LogP contribution in [0.4, 0.5) is 0 Å². The van der Waals surface area contributed by atoms with Gasteiger partial charge in [0.05, 0.1) is 11.2 Å². The Morgan fingerprint density at radius 1 is 1.00 bits per heavy atom. The maximum Gasteiger partial charge on any atom is 0.287 e. The number of rotatable bonds is 6. The van der Waals surface area contributed by atoms with E-state index in [0.29, 0.717) is 11.1 Å². The van der Waals surface area contributed by atoms with Crippen molar-refractivity contribution in [1.29, 1.82) is 0 Å². The topological polar surface area (TPSA) is 79.6 Å². The van der Waals surface area contributed by atoms with Gasteiger partial charge in [-0.1, -0.05) is 48.5 Å². The first kappa shape index (κ1) is 18.9. The summed E-state index contributed by atoms with van der Waals surface area (Å²) in [6.45, 7) is 0.0665. The minimum Gasteiger partial charge on any atom is -0.459 e. The van der Waals surface area contributed by atoms with Gasteiger partial charge in [0.15, 0.2) is 5.76 Å². The largest absolute Gasteiger partial charge is 0.459 e. The van der Waals surface area contributed by atoms with Crippen LogP contribution < -0.4 is 5.32 Å². The van der Waals surface area contributed by atoms with E-state index in [0.717, 1.165) is 9.87 Å². The molecule has 27 heavy (non-hydrogen) atoms. The van der Waals surface area contributed by atoms with Gasteiger partial charge in [-0.15, -0.1) is 0 Å². The van der Waals surface area contributed by atoms with Crippen LogP contribution in [0, 0.1) is 0 Å². The van der Waals surface area contributed by atoms with Crippen LogP contribution in [0.5, 0.6) is 0 Å². The predicted octanol–water partition coefficient (Wildman–Crippen LogP) is 3.13. The van der Waals surface area contributed by atoms with E-state index in [-0.39, 0.29) is 17.2 Å². The van der Waals surface area contributed by atoms with E-state index in [2.05, 4.69) is 5.32 Å². The van der Waals surface area contributed by atoms with Crippen LogP contribution in [0.3, 0.4) is 0 Å². The van der Waals surface area contributed by atoms with Gasteiger partial charge in [0, 0.05) is 26.2 Å². The quantitative estimate of drug-likeness (QED) is 0.708. The molecule has 2 aromatic carbocycles. The summed E-state index contributed by atoms with van der Waals surface area (Å²) in [5.41, 5.74) is 2.06. The van der Waals surface area contributed by atoms with E-state index in [1.807, 2.05) is 30.3 Å². The van der Waals surface area contributed by atoms with Crippen LogP contribution in [0.15, 0.2) is 76.2 Å². The van der Waals surface area contributed by atoms with E-state index in [4.69, 9.17) is 4.42 Å².